The van der Waals surface area contributed by atoms with Gasteiger partial charge in [-0.1, -0.05) is 59.6 Å². The lowest BCUT2D eigenvalue weighted by Crippen LogP contribution is -2.52. The molecular weight excluding hydrogens is 433 g/mol. The van der Waals surface area contributed by atoms with Crippen LogP contribution in [0.15, 0.2) is 53.4 Å². The molecule has 1 saturated heterocycles. The molecule has 2 aromatic rings. The molecule has 0 unspecified atom stereocenters. The van der Waals surface area contributed by atoms with Crippen molar-refractivity contribution >= 4 is 39.1 Å². The van der Waals surface area contributed by atoms with Crippen LogP contribution < -0.4 is 0 Å². The number of piperazine rings is 1. The number of likely N-dealkylation sites (N-methyl/N-ethyl adjacent to an activating group) is 1. The zero-order valence-electron chi connectivity index (χ0n) is 16.1. The van der Waals surface area contributed by atoms with Crippen molar-refractivity contribution in [1.29, 1.82) is 0 Å². The van der Waals surface area contributed by atoms with Crippen molar-refractivity contribution in [3.63, 3.8) is 0 Å². The third-order valence-corrected chi connectivity index (χ3v) is 7.66. The molecule has 2 aromatic carbocycles. The minimum Gasteiger partial charge on any atom is -0.339 e. The van der Waals surface area contributed by atoms with E-state index < -0.39 is 10.0 Å². The normalized spacial score (nSPS) is 15.7. The Bertz CT molecular complexity index is 942. The molecule has 156 valence electrons. The Kier molecular flexibility index (Phi) is 7.19. The van der Waals surface area contributed by atoms with E-state index in [0.717, 1.165) is 5.56 Å². The lowest BCUT2D eigenvalue weighted by atomic mass is 10.2. The van der Waals surface area contributed by atoms with Gasteiger partial charge >= 0.3 is 0 Å². The van der Waals surface area contributed by atoms with E-state index in [2.05, 4.69) is 0 Å². The highest BCUT2D eigenvalue weighted by Crippen LogP contribution is 2.31. The number of rotatable bonds is 6. The molecule has 0 N–H and O–H groups in total. The standard InChI is InChI=1S/C20H23Cl2N3O3S/c1-23(14-16-6-3-2-4-7-16)15-19(26)24-10-12-25(13-11-24)29(27,28)20-17(21)8-5-9-18(20)22/h2-9H,10-15H2,1H3. The minimum absolute atomic E-state index is 0.0174. The number of halogens is 2. The average molecular weight is 456 g/mol. The summed E-state index contributed by atoms with van der Waals surface area (Å²) in [5.74, 6) is -0.0174. The van der Waals surface area contributed by atoms with Gasteiger partial charge in [-0.05, 0) is 24.7 Å². The van der Waals surface area contributed by atoms with Gasteiger partial charge in [0.2, 0.25) is 15.9 Å². The predicted octanol–water partition coefficient (Wildman–Crippen LogP) is 2.96. The molecule has 1 aliphatic rings. The SMILES string of the molecule is CN(CC(=O)N1CCN(S(=O)(=O)c2c(Cl)cccc2Cl)CC1)Cc1ccccc1. The lowest BCUT2D eigenvalue weighted by molar-refractivity contribution is -0.133. The maximum Gasteiger partial charge on any atom is 0.246 e. The molecule has 1 heterocycles. The molecule has 0 radical (unpaired) electrons. The van der Waals surface area contributed by atoms with Gasteiger partial charge in [0.05, 0.1) is 16.6 Å². The molecule has 29 heavy (non-hydrogen) atoms. The van der Waals surface area contributed by atoms with Crippen LogP contribution in [0.25, 0.3) is 0 Å². The van der Waals surface area contributed by atoms with Crippen LogP contribution in [0.2, 0.25) is 10.0 Å². The second-order valence-electron chi connectivity index (χ2n) is 6.99. The molecule has 0 atom stereocenters. The minimum atomic E-state index is -3.82. The number of hydrogen-bond acceptors (Lipinski definition) is 4. The Morgan fingerprint density at radius 3 is 2.14 bits per heavy atom. The Labute approximate surface area is 181 Å². The van der Waals surface area contributed by atoms with Crippen LogP contribution in [0.3, 0.4) is 0 Å². The van der Waals surface area contributed by atoms with Crippen LogP contribution in [0, 0.1) is 0 Å². The molecule has 0 aliphatic carbocycles. The number of sulfonamides is 1. The summed E-state index contributed by atoms with van der Waals surface area (Å²) in [4.78, 5) is 16.2. The smallest absolute Gasteiger partial charge is 0.246 e. The topological polar surface area (TPSA) is 60.9 Å². The van der Waals surface area contributed by atoms with Gasteiger partial charge in [0.1, 0.15) is 4.90 Å². The molecule has 0 spiro atoms. The molecule has 6 nitrogen and oxygen atoms in total. The fraction of sp³-hybridized carbons (Fsp3) is 0.350. The van der Waals surface area contributed by atoms with Crippen LogP contribution >= 0.6 is 23.2 Å². The maximum atomic E-state index is 12.9. The second-order valence-corrected chi connectivity index (χ2v) is 9.68. The van der Waals surface area contributed by atoms with Crippen molar-refractivity contribution in [1.82, 2.24) is 14.1 Å². The molecular formula is C20H23Cl2N3O3S. The zero-order valence-corrected chi connectivity index (χ0v) is 18.4. The van der Waals surface area contributed by atoms with Gasteiger partial charge in [-0.3, -0.25) is 9.69 Å². The molecule has 9 heteroatoms. The van der Waals surface area contributed by atoms with Crippen molar-refractivity contribution in [2.75, 3.05) is 39.8 Å². The highest BCUT2D eigenvalue weighted by atomic mass is 35.5. The summed E-state index contributed by atoms with van der Waals surface area (Å²) in [6.45, 7) is 2.03. The number of carbonyl (C=O) groups is 1. The van der Waals surface area contributed by atoms with E-state index >= 15 is 0 Å². The Morgan fingerprint density at radius 2 is 1.55 bits per heavy atom. The number of benzene rings is 2. The molecule has 0 aromatic heterocycles. The third kappa shape index (κ3) is 5.29. The third-order valence-electron chi connectivity index (χ3n) is 4.81. The summed E-state index contributed by atoms with van der Waals surface area (Å²) in [6, 6.07) is 14.5. The first-order valence-electron chi connectivity index (χ1n) is 9.23. The summed E-state index contributed by atoms with van der Waals surface area (Å²) in [7, 11) is -1.92. The van der Waals surface area contributed by atoms with E-state index in [9.17, 15) is 13.2 Å². The molecule has 1 amide bonds. The summed E-state index contributed by atoms with van der Waals surface area (Å²) < 4.78 is 27.2. The highest BCUT2D eigenvalue weighted by Gasteiger charge is 2.33. The lowest BCUT2D eigenvalue weighted by Gasteiger charge is -2.35. The van der Waals surface area contributed by atoms with E-state index in [1.54, 1.807) is 11.0 Å². The largest absolute Gasteiger partial charge is 0.339 e. The molecule has 0 saturated carbocycles. The van der Waals surface area contributed by atoms with E-state index in [1.807, 2.05) is 42.3 Å². The van der Waals surface area contributed by atoms with Crippen LogP contribution in [0.5, 0.6) is 0 Å². The summed E-state index contributed by atoms with van der Waals surface area (Å²) in [5, 5.41) is 0.192. The van der Waals surface area contributed by atoms with Crippen molar-refractivity contribution < 1.29 is 13.2 Å². The van der Waals surface area contributed by atoms with Gasteiger partial charge in [-0.25, -0.2) is 8.42 Å². The van der Waals surface area contributed by atoms with Crippen LogP contribution in [0.4, 0.5) is 0 Å². The second kappa shape index (κ2) is 9.45. The number of amides is 1. The van der Waals surface area contributed by atoms with Gasteiger partial charge in [-0.2, -0.15) is 4.31 Å². The van der Waals surface area contributed by atoms with Gasteiger partial charge in [0.15, 0.2) is 0 Å². The van der Waals surface area contributed by atoms with E-state index in [-0.39, 0.29) is 40.5 Å². The van der Waals surface area contributed by atoms with E-state index in [4.69, 9.17) is 23.2 Å². The molecule has 1 aliphatic heterocycles. The monoisotopic (exact) mass is 455 g/mol. The summed E-state index contributed by atoms with van der Waals surface area (Å²) in [6.07, 6.45) is 0. The molecule has 0 bridgehead atoms. The van der Waals surface area contributed by atoms with Crippen molar-refractivity contribution in [2.45, 2.75) is 11.4 Å². The Morgan fingerprint density at radius 1 is 0.966 bits per heavy atom. The van der Waals surface area contributed by atoms with E-state index in [0.29, 0.717) is 19.6 Å². The highest BCUT2D eigenvalue weighted by molar-refractivity contribution is 7.89. The Hall–Kier alpha value is -1.64. The van der Waals surface area contributed by atoms with Crippen molar-refractivity contribution in [3.05, 3.63) is 64.1 Å². The first-order valence-corrected chi connectivity index (χ1v) is 11.4. The first-order chi connectivity index (χ1) is 13.8. The van der Waals surface area contributed by atoms with Crippen molar-refractivity contribution in [3.8, 4) is 0 Å². The first kappa shape index (κ1) is 22.1. The predicted molar refractivity (Wildman–Crippen MR) is 115 cm³/mol. The van der Waals surface area contributed by atoms with Gasteiger partial charge in [0, 0.05) is 32.7 Å². The van der Waals surface area contributed by atoms with Gasteiger partial charge in [-0.15, -0.1) is 0 Å². The van der Waals surface area contributed by atoms with Crippen molar-refractivity contribution in [2.24, 2.45) is 0 Å². The van der Waals surface area contributed by atoms with Crippen LogP contribution in [-0.2, 0) is 21.4 Å². The number of nitrogens with zero attached hydrogens (tertiary/aromatic N) is 3. The van der Waals surface area contributed by atoms with Crippen LogP contribution in [0.1, 0.15) is 5.56 Å². The number of hydrogen-bond donors (Lipinski definition) is 0. The average Bonchev–Trinajstić information content (AvgIpc) is 2.68. The molecule has 1 fully saturated rings. The fourth-order valence-electron chi connectivity index (χ4n) is 3.32. The zero-order chi connectivity index (χ0) is 21.0. The summed E-state index contributed by atoms with van der Waals surface area (Å²) in [5.41, 5.74) is 1.13. The van der Waals surface area contributed by atoms with Gasteiger partial charge < -0.3 is 4.90 Å². The summed E-state index contributed by atoms with van der Waals surface area (Å²) >= 11 is 12.2. The fourth-order valence-corrected chi connectivity index (χ4v) is 5.83. The Balaban J connectivity index is 1.58. The van der Waals surface area contributed by atoms with Gasteiger partial charge in [0.25, 0.3) is 0 Å². The van der Waals surface area contributed by atoms with Crippen LogP contribution in [-0.4, -0.2) is 68.2 Å². The molecule has 3 rings (SSSR count). The quantitative estimate of drug-likeness (QED) is 0.671. The maximum absolute atomic E-state index is 12.9. The van der Waals surface area contributed by atoms with E-state index in [1.165, 1.54) is 16.4 Å². The number of carbonyl (C=O) groups excluding carboxylic acids is 1.